The molecule has 0 aromatic heterocycles. The molecule has 1 atom stereocenters. The summed E-state index contributed by atoms with van der Waals surface area (Å²) in [7, 11) is 0. The van der Waals surface area contributed by atoms with E-state index in [0.29, 0.717) is 6.54 Å². The summed E-state index contributed by atoms with van der Waals surface area (Å²) in [6, 6.07) is 8.99. The molecule has 1 aromatic carbocycles. The summed E-state index contributed by atoms with van der Waals surface area (Å²) in [5.41, 5.74) is 6.15. The van der Waals surface area contributed by atoms with Crippen molar-refractivity contribution in [3.63, 3.8) is 0 Å². The first kappa shape index (κ1) is 13.2. The molecule has 0 aliphatic heterocycles. The molecule has 0 saturated heterocycles. The SMILES string of the molecule is CC(NC(=O)CN)C(=O)NCc1ccccc1. The number of rotatable bonds is 5. The Labute approximate surface area is 100 Å². The Kier molecular flexibility index (Phi) is 5.16. The van der Waals surface area contributed by atoms with Crippen molar-refractivity contribution in [2.24, 2.45) is 5.73 Å². The third-order valence-corrected chi connectivity index (χ3v) is 2.27. The number of carbonyl (C=O) groups is 2. The smallest absolute Gasteiger partial charge is 0.242 e. The predicted octanol–water partition coefficient (Wildman–Crippen LogP) is -0.234. The number of nitrogens with two attached hydrogens (primary N) is 1. The normalized spacial score (nSPS) is 11.6. The first-order valence-electron chi connectivity index (χ1n) is 5.44. The van der Waals surface area contributed by atoms with E-state index < -0.39 is 6.04 Å². The average molecular weight is 235 g/mol. The van der Waals surface area contributed by atoms with Crippen LogP contribution in [0.4, 0.5) is 0 Å². The van der Waals surface area contributed by atoms with E-state index in [0.717, 1.165) is 5.56 Å². The fraction of sp³-hybridized carbons (Fsp3) is 0.333. The number of nitrogens with one attached hydrogen (secondary N) is 2. The largest absolute Gasteiger partial charge is 0.350 e. The van der Waals surface area contributed by atoms with E-state index in [2.05, 4.69) is 10.6 Å². The Morgan fingerprint density at radius 2 is 1.94 bits per heavy atom. The molecule has 0 aliphatic rings. The lowest BCUT2D eigenvalue weighted by molar-refractivity contribution is -0.128. The van der Waals surface area contributed by atoms with Gasteiger partial charge in [0.1, 0.15) is 6.04 Å². The van der Waals surface area contributed by atoms with Gasteiger partial charge >= 0.3 is 0 Å². The highest BCUT2D eigenvalue weighted by molar-refractivity contribution is 5.87. The van der Waals surface area contributed by atoms with Crippen molar-refractivity contribution in [2.45, 2.75) is 19.5 Å². The molecule has 0 aliphatic carbocycles. The third kappa shape index (κ3) is 4.65. The van der Waals surface area contributed by atoms with Gasteiger partial charge in [0.05, 0.1) is 6.54 Å². The van der Waals surface area contributed by atoms with Crippen molar-refractivity contribution in [3.8, 4) is 0 Å². The van der Waals surface area contributed by atoms with Crippen LogP contribution in [0.5, 0.6) is 0 Å². The van der Waals surface area contributed by atoms with Gasteiger partial charge in [0.25, 0.3) is 0 Å². The summed E-state index contributed by atoms with van der Waals surface area (Å²) < 4.78 is 0. The van der Waals surface area contributed by atoms with Crippen molar-refractivity contribution in [1.82, 2.24) is 10.6 Å². The van der Waals surface area contributed by atoms with Gasteiger partial charge in [0, 0.05) is 6.54 Å². The molecule has 0 heterocycles. The van der Waals surface area contributed by atoms with Crippen molar-refractivity contribution in [3.05, 3.63) is 35.9 Å². The van der Waals surface area contributed by atoms with Crippen LogP contribution in [0.3, 0.4) is 0 Å². The highest BCUT2D eigenvalue weighted by Crippen LogP contribution is 1.97. The van der Waals surface area contributed by atoms with Gasteiger partial charge in [-0.3, -0.25) is 9.59 Å². The quantitative estimate of drug-likeness (QED) is 0.659. The average Bonchev–Trinajstić information content (AvgIpc) is 2.36. The van der Waals surface area contributed by atoms with Crippen molar-refractivity contribution in [2.75, 3.05) is 6.54 Å². The van der Waals surface area contributed by atoms with Crippen LogP contribution >= 0.6 is 0 Å². The van der Waals surface area contributed by atoms with Crippen LogP contribution < -0.4 is 16.4 Å². The minimum Gasteiger partial charge on any atom is -0.350 e. The lowest BCUT2D eigenvalue weighted by Crippen LogP contribution is -2.46. The van der Waals surface area contributed by atoms with Crippen LogP contribution in [0.2, 0.25) is 0 Å². The van der Waals surface area contributed by atoms with Gasteiger partial charge in [0.2, 0.25) is 11.8 Å². The summed E-state index contributed by atoms with van der Waals surface area (Å²) in [5.74, 6) is -0.567. The van der Waals surface area contributed by atoms with Crippen LogP contribution in [0.15, 0.2) is 30.3 Å². The van der Waals surface area contributed by atoms with E-state index in [9.17, 15) is 9.59 Å². The zero-order valence-electron chi connectivity index (χ0n) is 9.77. The molecule has 92 valence electrons. The molecule has 0 bridgehead atoms. The third-order valence-electron chi connectivity index (χ3n) is 2.27. The summed E-state index contributed by atoms with van der Waals surface area (Å²) in [6.07, 6.45) is 0. The first-order chi connectivity index (χ1) is 8.13. The van der Waals surface area contributed by atoms with E-state index in [-0.39, 0.29) is 18.4 Å². The monoisotopic (exact) mass is 235 g/mol. The summed E-state index contributed by atoms with van der Waals surface area (Å²) in [4.78, 5) is 22.6. The van der Waals surface area contributed by atoms with Crippen molar-refractivity contribution < 1.29 is 9.59 Å². The Balaban J connectivity index is 2.37. The molecular weight excluding hydrogens is 218 g/mol. The van der Waals surface area contributed by atoms with Crippen molar-refractivity contribution in [1.29, 1.82) is 0 Å². The van der Waals surface area contributed by atoms with Crippen LogP contribution in [0, 0.1) is 0 Å². The topological polar surface area (TPSA) is 84.2 Å². The molecule has 1 rings (SSSR count). The van der Waals surface area contributed by atoms with Gasteiger partial charge in [-0.25, -0.2) is 0 Å². The molecular formula is C12H17N3O2. The molecule has 0 radical (unpaired) electrons. The highest BCUT2D eigenvalue weighted by atomic mass is 16.2. The molecule has 4 N–H and O–H groups in total. The Hall–Kier alpha value is -1.88. The van der Waals surface area contributed by atoms with E-state index in [1.165, 1.54) is 0 Å². The van der Waals surface area contributed by atoms with Crippen LogP contribution in [0.1, 0.15) is 12.5 Å². The number of hydrogen-bond donors (Lipinski definition) is 3. The molecule has 5 nitrogen and oxygen atoms in total. The Bertz CT molecular complexity index is 379. The molecule has 0 spiro atoms. The van der Waals surface area contributed by atoms with Gasteiger partial charge in [-0.1, -0.05) is 30.3 Å². The minimum atomic E-state index is -0.574. The Morgan fingerprint density at radius 3 is 2.53 bits per heavy atom. The fourth-order valence-electron chi connectivity index (χ4n) is 1.30. The molecule has 0 fully saturated rings. The summed E-state index contributed by atoms with van der Waals surface area (Å²) in [6.45, 7) is 1.95. The van der Waals surface area contributed by atoms with Gasteiger partial charge in [-0.15, -0.1) is 0 Å². The second-order valence-electron chi connectivity index (χ2n) is 3.70. The summed E-state index contributed by atoms with van der Waals surface area (Å²) >= 11 is 0. The first-order valence-corrected chi connectivity index (χ1v) is 5.44. The number of carbonyl (C=O) groups excluding carboxylic acids is 2. The minimum absolute atomic E-state index is 0.115. The Morgan fingerprint density at radius 1 is 1.29 bits per heavy atom. The number of amides is 2. The molecule has 1 unspecified atom stereocenters. The molecule has 2 amide bonds. The van der Waals surface area contributed by atoms with Crippen LogP contribution in [-0.4, -0.2) is 24.4 Å². The van der Waals surface area contributed by atoms with E-state index in [4.69, 9.17) is 5.73 Å². The maximum Gasteiger partial charge on any atom is 0.242 e. The van der Waals surface area contributed by atoms with E-state index in [1.54, 1.807) is 6.92 Å². The summed E-state index contributed by atoms with van der Waals surface area (Å²) in [5, 5.41) is 5.22. The molecule has 5 heteroatoms. The van der Waals surface area contributed by atoms with E-state index in [1.807, 2.05) is 30.3 Å². The van der Waals surface area contributed by atoms with Crippen LogP contribution in [-0.2, 0) is 16.1 Å². The van der Waals surface area contributed by atoms with E-state index >= 15 is 0 Å². The standard InChI is InChI=1S/C12H17N3O2/c1-9(15-11(16)7-13)12(17)14-8-10-5-3-2-4-6-10/h2-6,9H,7-8,13H2,1H3,(H,14,17)(H,15,16). The predicted molar refractivity (Wildman–Crippen MR) is 64.9 cm³/mol. The lowest BCUT2D eigenvalue weighted by atomic mass is 10.2. The molecule has 1 aromatic rings. The fourth-order valence-corrected chi connectivity index (χ4v) is 1.30. The van der Waals surface area contributed by atoms with Gasteiger partial charge in [-0.2, -0.15) is 0 Å². The maximum absolute atomic E-state index is 11.6. The zero-order valence-corrected chi connectivity index (χ0v) is 9.77. The highest BCUT2D eigenvalue weighted by Gasteiger charge is 2.13. The second-order valence-corrected chi connectivity index (χ2v) is 3.70. The lowest BCUT2D eigenvalue weighted by Gasteiger charge is -2.13. The molecule has 17 heavy (non-hydrogen) atoms. The number of benzene rings is 1. The molecule has 0 saturated carbocycles. The zero-order chi connectivity index (χ0) is 12.7. The van der Waals surface area contributed by atoms with Crippen molar-refractivity contribution >= 4 is 11.8 Å². The van der Waals surface area contributed by atoms with Gasteiger partial charge in [-0.05, 0) is 12.5 Å². The maximum atomic E-state index is 11.6. The van der Waals surface area contributed by atoms with Crippen LogP contribution in [0.25, 0.3) is 0 Å². The van der Waals surface area contributed by atoms with Gasteiger partial charge < -0.3 is 16.4 Å². The van der Waals surface area contributed by atoms with Gasteiger partial charge in [0.15, 0.2) is 0 Å². The second kappa shape index (κ2) is 6.65. The number of hydrogen-bond acceptors (Lipinski definition) is 3.